The molecule has 0 spiro atoms. The minimum Gasteiger partial charge on any atom is -0.351 e. The Morgan fingerprint density at radius 3 is 2.39 bits per heavy atom. The summed E-state index contributed by atoms with van der Waals surface area (Å²) in [5.41, 5.74) is 3.32. The predicted octanol–water partition coefficient (Wildman–Crippen LogP) is 6.95. The van der Waals surface area contributed by atoms with E-state index >= 15 is 0 Å². The van der Waals surface area contributed by atoms with Gasteiger partial charge in [-0.3, -0.25) is 5.32 Å². The second-order valence-corrected chi connectivity index (χ2v) is 10.2. The van der Waals surface area contributed by atoms with Crippen LogP contribution in [0.25, 0.3) is 11.3 Å². The second-order valence-electron chi connectivity index (χ2n) is 9.78. The average Bonchev–Trinajstić information content (AvgIpc) is 3.02. The number of aromatic nitrogens is 5. The van der Waals surface area contributed by atoms with E-state index in [4.69, 9.17) is 11.6 Å². The third-order valence-corrected chi connectivity index (χ3v) is 7.06. The summed E-state index contributed by atoms with van der Waals surface area (Å²) in [5.74, 6) is 0.872. The van der Waals surface area contributed by atoms with Crippen LogP contribution in [0, 0.1) is 0 Å². The average molecular weight is 618 g/mol. The Morgan fingerprint density at radius 2 is 1.66 bits per heavy atom. The highest BCUT2D eigenvalue weighted by atomic mass is 35.5. The fraction of sp³-hybridized carbons (Fsp3) is 0.133. The molecular weight excluding hydrogens is 595 g/mol. The van der Waals surface area contributed by atoms with E-state index in [2.05, 4.69) is 41.1 Å². The number of halogens is 4. The van der Waals surface area contributed by atoms with E-state index in [9.17, 15) is 18.0 Å². The van der Waals surface area contributed by atoms with Gasteiger partial charge in [0.2, 0.25) is 5.95 Å². The topological polar surface area (TPSA) is 121 Å². The van der Waals surface area contributed by atoms with Gasteiger partial charge in [0.15, 0.2) is 5.82 Å². The molecule has 4 heterocycles. The van der Waals surface area contributed by atoms with Crippen molar-refractivity contribution < 1.29 is 18.0 Å². The van der Waals surface area contributed by atoms with Gasteiger partial charge in [-0.1, -0.05) is 54.1 Å². The molecule has 0 atom stereocenters. The number of alkyl halides is 3. The number of pyridine rings is 1. The summed E-state index contributed by atoms with van der Waals surface area (Å²) < 4.78 is 39.0. The molecule has 0 radical (unpaired) electrons. The van der Waals surface area contributed by atoms with Crippen molar-refractivity contribution in [1.29, 1.82) is 0 Å². The highest BCUT2D eigenvalue weighted by Crippen LogP contribution is 2.35. The number of carbonyl (C=O) groups excluding carboxylic acids is 1. The first-order chi connectivity index (χ1) is 21.2. The lowest BCUT2D eigenvalue weighted by molar-refractivity contribution is -0.137. The number of fused-ring (bicyclic) bond motifs is 1. The number of benzene rings is 2. The van der Waals surface area contributed by atoms with Gasteiger partial charge in [0.1, 0.15) is 5.82 Å². The largest absolute Gasteiger partial charge is 0.417 e. The standard InChI is InChI=1S/C30H23ClF3N9O/c31-21-14-20(30(32,33)34)16-35-27(21)43-13-12-22-19(17-43)15-36-28(37-22)38-24-8-4-5-9-25(24)39-29(44)40-26-11-10-23(41-42-26)18-6-2-1-3-7-18/h1-11,14-16H,12-13,17H2,(H,36,37,38)(H2,39,40,42,44). The van der Waals surface area contributed by atoms with Crippen LogP contribution in [0.15, 0.2) is 85.2 Å². The molecule has 2 amide bonds. The molecule has 3 aromatic heterocycles. The van der Waals surface area contributed by atoms with Crippen molar-refractivity contribution >= 4 is 46.6 Å². The number of nitrogens with one attached hydrogen (secondary N) is 3. The van der Waals surface area contributed by atoms with Gasteiger partial charge in [0, 0.05) is 43.0 Å². The number of para-hydroxylation sites is 2. The van der Waals surface area contributed by atoms with Crippen molar-refractivity contribution in [3.05, 3.63) is 107 Å². The molecule has 0 saturated heterocycles. The zero-order valence-corrected chi connectivity index (χ0v) is 23.6. The second kappa shape index (κ2) is 12.1. The number of rotatable bonds is 6. The number of amides is 2. The Balaban J connectivity index is 1.10. The lowest BCUT2D eigenvalue weighted by atomic mass is 10.1. The van der Waals surface area contributed by atoms with Gasteiger partial charge in [-0.25, -0.2) is 19.7 Å². The lowest BCUT2D eigenvalue weighted by Gasteiger charge is -2.30. The molecule has 1 aliphatic heterocycles. The molecule has 222 valence electrons. The molecule has 0 saturated carbocycles. The lowest BCUT2D eigenvalue weighted by Crippen LogP contribution is -2.32. The number of nitrogens with zero attached hydrogens (tertiary/aromatic N) is 6. The van der Waals surface area contributed by atoms with E-state index in [0.717, 1.165) is 29.1 Å². The van der Waals surface area contributed by atoms with Gasteiger partial charge in [-0.05, 0) is 30.3 Å². The maximum Gasteiger partial charge on any atom is 0.417 e. The fourth-order valence-electron chi connectivity index (χ4n) is 4.63. The van der Waals surface area contributed by atoms with Crippen LogP contribution >= 0.6 is 11.6 Å². The highest BCUT2D eigenvalue weighted by Gasteiger charge is 2.32. The Hall–Kier alpha value is -5.30. The van der Waals surface area contributed by atoms with Crippen LogP contribution in [0.2, 0.25) is 5.02 Å². The van der Waals surface area contributed by atoms with E-state index in [1.807, 2.05) is 30.3 Å². The molecule has 0 aliphatic carbocycles. The van der Waals surface area contributed by atoms with Crippen molar-refractivity contribution in [2.75, 3.05) is 27.4 Å². The first kappa shape index (κ1) is 28.8. The SMILES string of the molecule is O=C(Nc1ccc(-c2ccccc2)nn1)Nc1ccccc1Nc1ncc2c(n1)CCN(c1ncc(C(F)(F)F)cc1Cl)C2. The Labute approximate surface area is 254 Å². The monoisotopic (exact) mass is 617 g/mol. The van der Waals surface area contributed by atoms with Crippen LogP contribution in [0.4, 0.5) is 46.9 Å². The van der Waals surface area contributed by atoms with E-state index in [1.54, 1.807) is 47.5 Å². The number of urea groups is 1. The summed E-state index contributed by atoms with van der Waals surface area (Å²) >= 11 is 6.15. The third-order valence-electron chi connectivity index (χ3n) is 6.78. The van der Waals surface area contributed by atoms with Gasteiger partial charge >= 0.3 is 12.2 Å². The Morgan fingerprint density at radius 1 is 0.886 bits per heavy atom. The summed E-state index contributed by atoms with van der Waals surface area (Å²) in [6.07, 6.45) is -1.60. The quantitative estimate of drug-likeness (QED) is 0.187. The van der Waals surface area contributed by atoms with Gasteiger partial charge in [-0.2, -0.15) is 13.2 Å². The van der Waals surface area contributed by atoms with Crippen molar-refractivity contribution in [2.45, 2.75) is 19.1 Å². The van der Waals surface area contributed by atoms with Crippen molar-refractivity contribution in [3.63, 3.8) is 0 Å². The molecule has 5 aromatic rings. The number of hydrogen-bond donors (Lipinski definition) is 3. The summed E-state index contributed by atoms with van der Waals surface area (Å²) in [5, 5.41) is 16.8. The van der Waals surface area contributed by atoms with E-state index < -0.39 is 17.8 Å². The molecular formula is C30H23ClF3N9O. The smallest absolute Gasteiger partial charge is 0.351 e. The molecule has 0 fully saturated rings. The zero-order valence-electron chi connectivity index (χ0n) is 22.8. The Bertz CT molecular complexity index is 1800. The minimum absolute atomic E-state index is 0.0770. The molecule has 1 aliphatic rings. The molecule has 10 nitrogen and oxygen atoms in total. The van der Waals surface area contributed by atoms with Crippen LogP contribution in [0.3, 0.4) is 0 Å². The Kier molecular flexibility index (Phi) is 7.94. The molecule has 0 unspecified atom stereocenters. The van der Waals surface area contributed by atoms with Crippen LogP contribution in [-0.2, 0) is 19.1 Å². The number of hydrogen-bond acceptors (Lipinski definition) is 8. The molecule has 44 heavy (non-hydrogen) atoms. The molecule has 3 N–H and O–H groups in total. The van der Waals surface area contributed by atoms with Crippen molar-refractivity contribution in [1.82, 2.24) is 25.1 Å². The maximum atomic E-state index is 13.0. The van der Waals surface area contributed by atoms with Crippen molar-refractivity contribution in [3.8, 4) is 11.3 Å². The third kappa shape index (κ3) is 6.52. The normalized spacial score (nSPS) is 12.8. The summed E-state index contributed by atoms with van der Waals surface area (Å²) in [4.78, 5) is 27.5. The van der Waals surface area contributed by atoms with Crippen LogP contribution in [0.5, 0.6) is 0 Å². The molecule has 14 heteroatoms. The van der Waals surface area contributed by atoms with Gasteiger partial charge < -0.3 is 15.5 Å². The van der Waals surface area contributed by atoms with Crippen LogP contribution in [0.1, 0.15) is 16.8 Å². The van der Waals surface area contributed by atoms with Gasteiger partial charge in [-0.15, -0.1) is 10.2 Å². The predicted molar refractivity (Wildman–Crippen MR) is 161 cm³/mol. The molecule has 0 bridgehead atoms. The fourth-order valence-corrected chi connectivity index (χ4v) is 4.91. The number of carbonyl (C=O) groups is 1. The molecule has 6 rings (SSSR count). The first-order valence-corrected chi connectivity index (χ1v) is 13.8. The first-order valence-electron chi connectivity index (χ1n) is 13.4. The van der Waals surface area contributed by atoms with E-state index in [1.165, 1.54) is 0 Å². The maximum absolute atomic E-state index is 13.0. The zero-order chi connectivity index (χ0) is 30.7. The summed E-state index contributed by atoms with van der Waals surface area (Å²) in [7, 11) is 0. The summed E-state index contributed by atoms with van der Waals surface area (Å²) in [6, 6.07) is 20.5. The summed E-state index contributed by atoms with van der Waals surface area (Å²) in [6.45, 7) is 0.788. The minimum atomic E-state index is -4.53. The van der Waals surface area contributed by atoms with Gasteiger partial charge in [0.05, 0.1) is 33.3 Å². The van der Waals surface area contributed by atoms with Crippen LogP contribution in [-0.4, -0.2) is 37.7 Å². The van der Waals surface area contributed by atoms with E-state index in [0.29, 0.717) is 42.5 Å². The van der Waals surface area contributed by atoms with E-state index in [-0.39, 0.29) is 16.7 Å². The van der Waals surface area contributed by atoms with Crippen LogP contribution < -0.4 is 20.9 Å². The van der Waals surface area contributed by atoms with Crippen molar-refractivity contribution in [2.24, 2.45) is 0 Å². The van der Waals surface area contributed by atoms with Gasteiger partial charge in [0.25, 0.3) is 0 Å². The number of anilines is 5. The molecule has 2 aromatic carbocycles. The highest BCUT2D eigenvalue weighted by molar-refractivity contribution is 6.33.